The molecule has 0 aromatic carbocycles. The van der Waals surface area contributed by atoms with Gasteiger partial charge in [-0.3, -0.25) is 9.69 Å². The zero-order valence-electron chi connectivity index (χ0n) is 12.9. The first kappa shape index (κ1) is 17.0. The number of likely N-dealkylation sites (tertiary alicyclic amines) is 1. The maximum absolute atomic E-state index is 12.4. The Morgan fingerprint density at radius 2 is 2.00 bits per heavy atom. The Labute approximate surface area is 124 Å². The van der Waals surface area contributed by atoms with Gasteiger partial charge in [0.15, 0.2) is 0 Å². The molecule has 5 nitrogen and oxygen atoms in total. The first-order chi connectivity index (χ1) is 9.16. The Morgan fingerprint density at radius 1 is 1.45 bits per heavy atom. The monoisotopic (exact) mass is 301 g/mol. The number of thioether (sulfide) groups is 1. The van der Waals surface area contributed by atoms with Crippen LogP contribution in [0.15, 0.2) is 11.3 Å². The molecular weight excluding hydrogens is 278 g/mol. The largest absolute Gasteiger partial charge is 0.464 e. The van der Waals surface area contributed by atoms with E-state index in [2.05, 4.69) is 0 Å². The minimum atomic E-state index is -1.11. The average molecular weight is 301 g/mol. The maximum Gasteiger partial charge on any atom is 0.354 e. The molecule has 1 N–H and O–H groups in total. The van der Waals surface area contributed by atoms with E-state index in [1.807, 2.05) is 6.92 Å². The predicted molar refractivity (Wildman–Crippen MR) is 78.9 cm³/mol. The second-order valence-electron chi connectivity index (χ2n) is 5.53. The molecule has 0 aromatic heterocycles. The van der Waals surface area contributed by atoms with Gasteiger partial charge in [0.1, 0.15) is 5.70 Å². The highest BCUT2D eigenvalue weighted by Gasteiger charge is 2.56. The summed E-state index contributed by atoms with van der Waals surface area (Å²) in [6.07, 6.45) is 0. The summed E-state index contributed by atoms with van der Waals surface area (Å²) in [5.41, 5.74) is -0.103. The Bertz CT molecular complexity index is 435. The van der Waals surface area contributed by atoms with E-state index in [0.717, 1.165) is 11.3 Å². The topological polar surface area (TPSA) is 66.8 Å². The predicted octanol–water partition coefficient (Wildman–Crippen LogP) is 1.76. The van der Waals surface area contributed by atoms with Gasteiger partial charge in [0, 0.05) is 0 Å². The summed E-state index contributed by atoms with van der Waals surface area (Å²) < 4.78 is 4.76. The molecule has 20 heavy (non-hydrogen) atoms. The normalized spacial score (nSPS) is 22.4. The van der Waals surface area contributed by atoms with Gasteiger partial charge >= 0.3 is 5.97 Å². The first-order valence-corrected chi connectivity index (χ1v) is 7.64. The second kappa shape index (κ2) is 6.18. The average Bonchev–Trinajstić information content (AvgIpc) is 2.32. The number of hydrogen-bond donors (Lipinski definition) is 1. The number of hydrogen-bond acceptors (Lipinski definition) is 5. The van der Waals surface area contributed by atoms with Gasteiger partial charge in [0.25, 0.3) is 0 Å². The van der Waals surface area contributed by atoms with Crippen molar-refractivity contribution in [3.05, 3.63) is 11.3 Å². The molecule has 0 aliphatic carbocycles. The molecule has 114 valence electrons. The van der Waals surface area contributed by atoms with Crippen LogP contribution in [-0.4, -0.2) is 45.7 Å². The molecule has 1 amide bonds. The Kier molecular flexibility index (Phi) is 5.27. The van der Waals surface area contributed by atoms with Crippen LogP contribution in [0.4, 0.5) is 0 Å². The van der Waals surface area contributed by atoms with Crippen LogP contribution in [-0.2, 0) is 14.3 Å². The van der Waals surface area contributed by atoms with Gasteiger partial charge in [-0.15, -0.1) is 11.8 Å². The van der Waals surface area contributed by atoms with Gasteiger partial charge in [-0.2, -0.15) is 0 Å². The number of esters is 1. The van der Waals surface area contributed by atoms with Crippen LogP contribution in [0.25, 0.3) is 0 Å². The van der Waals surface area contributed by atoms with Crippen molar-refractivity contribution in [3.63, 3.8) is 0 Å². The number of allylic oxidation sites excluding steroid dienone is 1. The SMILES string of the molecule is CCSC1C(C(C)(C)O)C(=O)N1C(C(=O)OC)=C(C)C. The smallest absolute Gasteiger partial charge is 0.354 e. The fraction of sp³-hybridized carbons (Fsp3) is 0.714. The number of carbonyl (C=O) groups is 2. The highest BCUT2D eigenvalue weighted by molar-refractivity contribution is 8.00. The number of β-lactam (4-membered cyclic amide) rings is 1. The van der Waals surface area contributed by atoms with Crippen LogP contribution in [0.3, 0.4) is 0 Å². The number of aliphatic hydroxyl groups is 1. The molecule has 0 aromatic rings. The van der Waals surface area contributed by atoms with E-state index >= 15 is 0 Å². The van der Waals surface area contributed by atoms with Crippen molar-refractivity contribution in [3.8, 4) is 0 Å². The van der Waals surface area contributed by atoms with Crippen LogP contribution in [0, 0.1) is 5.92 Å². The third-order valence-electron chi connectivity index (χ3n) is 3.23. The highest BCUT2D eigenvalue weighted by atomic mass is 32.2. The second-order valence-corrected chi connectivity index (χ2v) is 6.92. The summed E-state index contributed by atoms with van der Waals surface area (Å²) in [7, 11) is 1.30. The van der Waals surface area contributed by atoms with E-state index in [1.54, 1.807) is 39.5 Å². The lowest BCUT2D eigenvalue weighted by atomic mass is 9.82. The molecule has 2 unspecified atom stereocenters. The van der Waals surface area contributed by atoms with E-state index in [1.165, 1.54) is 12.0 Å². The molecule has 0 saturated carbocycles. The summed E-state index contributed by atoms with van der Waals surface area (Å²) in [5.74, 6) is -0.469. The molecule has 1 heterocycles. The molecule has 0 spiro atoms. The van der Waals surface area contributed by atoms with E-state index in [0.29, 0.717) is 0 Å². The molecule has 1 aliphatic heterocycles. The number of ether oxygens (including phenoxy) is 1. The van der Waals surface area contributed by atoms with Gasteiger partial charge in [0.2, 0.25) is 5.91 Å². The molecule has 6 heteroatoms. The van der Waals surface area contributed by atoms with Crippen molar-refractivity contribution >= 4 is 23.6 Å². The quantitative estimate of drug-likeness (QED) is 0.476. The van der Waals surface area contributed by atoms with E-state index in [9.17, 15) is 14.7 Å². The lowest BCUT2D eigenvalue weighted by Gasteiger charge is -2.51. The Hall–Kier alpha value is -1.01. The maximum atomic E-state index is 12.4. The highest BCUT2D eigenvalue weighted by Crippen LogP contribution is 2.44. The van der Waals surface area contributed by atoms with Crippen LogP contribution >= 0.6 is 11.8 Å². The number of rotatable bonds is 5. The van der Waals surface area contributed by atoms with Gasteiger partial charge in [0.05, 0.1) is 24.0 Å². The van der Waals surface area contributed by atoms with Crippen molar-refractivity contribution in [1.82, 2.24) is 4.90 Å². The number of amides is 1. The molecule has 1 rings (SSSR count). The van der Waals surface area contributed by atoms with E-state index in [4.69, 9.17) is 4.74 Å². The minimum absolute atomic E-state index is 0.231. The molecule has 0 radical (unpaired) electrons. The molecule has 0 bridgehead atoms. The van der Waals surface area contributed by atoms with Crippen LogP contribution in [0.2, 0.25) is 0 Å². The van der Waals surface area contributed by atoms with Crippen molar-refractivity contribution < 1.29 is 19.4 Å². The van der Waals surface area contributed by atoms with Gasteiger partial charge in [-0.1, -0.05) is 6.92 Å². The van der Waals surface area contributed by atoms with Crippen LogP contribution < -0.4 is 0 Å². The van der Waals surface area contributed by atoms with Crippen molar-refractivity contribution in [1.29, 1.82) is 0 Å². The van der Waals surface area contributed by atoms with E-state index in [-0.39, 0.29) is 17.0 Å². The lowest BCUT2D eigenvalue weighted by Crippen LogP contribution is -2.66. The summed E-state index contributed by atoms with van der Waals surface area (Å²) in [5, 5.41) is 9.91. The molecular formula is C14H23NO4S. The van der Waals surface area contributed by atoms with Gasteiger partial charge in [-0.05, 0) is 39.0 Å². The zero-order valence-corrected chi connectivity index (χ0v) is 13.7. The third kappa shape index (κ3) is 3.01. The van der Waals surface area contributed by atoms with Crippen LogP contribution in [0.5, 0.6) is 0 Å². The number of carbonyl (C=O) groups excluding carboxylic acids is 2. The number of nitrogens with zero attached hydrogens (tertiary/aromatic N) is 1. The minimum Gasteiger partial charge on any atom is -0.464 e. The Morgan fingerprint density at radius 3 is 2.35 bits per heavy atom. The molecule has 1 aliphatic rings. The molecule has 1 saturated heterocycles. The summed E-state index contributed by atoms with van der Waals surface area (Å²) >= 11 is 1.54. The third-order valence-corrected chi connectivity index (χ3v) is 4.39. The van der Waals surface area contributed by atoms with Crippen molar-refractivity contribution in [2.45, 2.75) is 45.6 Å². The molecule has 1 fully saturated rings. The first-order valence-electron chi connectivity index (χ1n) is 6.59. The number of methoxy groups -OCH3 is 1. The lowest BCUT2D eigenvalue weighted by molar-refractivity contribution is -0.164. The standard InChI is InChI=1S/C14H23NO4S/c1-7-20-12-9(14(4,5)18)11(16)15(12)10(8(2)3)13(17)19-6/h9,12,18H,7H2,1-6H3. The van der Waals surface area contributed by atoms with E-state index < -0.39 is 17.5 Å². The van der Waals surface area contributed by atoms with Crippen molar-refractivity contribution in [2.75, 3.05) is 12.9 Å². The molecule has 2 atom stereocenters. The summed E-state index contributed by atoms with van der Waals surface area (Å²) in [6.45, 7) is 8.76. The zero-order chi connectivity index (χ0) is 15.7. The van der Waals surface area contributed by atoms with Gasteiger partial charge in [-0.25, -0.2) is 4.79 Å². The van der Waals surface area contributed by atoms with Crippen LogP contribution in [0.1, 0.15) is 34.6 Å². The fourth-order valence-electron chi connectivity index (χ4n) is 2.33. The van der Waals surface area contributed by atoms with Crippen molar-refractivity contribution in [2.24, 2.45) is 5.92 Å². The Balaban J connectivity index is 3.15. The van der Waals surface area contributed by atoms with Gasteiger partial charge < -0.3 is 9.84 Å². The summed E-state index contributed by atoms with van der Waals surface area (Å²) in [6, 6.07) is 0. The fourth-order valence-corrected chi connectivity index (χ4v) is 3.68. The summed E-state index contributed by atoms with van der Waals surface area (Å²) in [4.78, 5) is 25.7.